The van der Waals surface area contributed by atoms with Crippen molar-refractivity contribution >= 4 is 5.84 Å². The van der Waals surface area contributed by atoms with E-state index in [0.29, 0.717) is 17.3 Å². The molecule has 0 spiro atoms. The lowest BCUT2D eigenvalue weighted by Gasteiger charge is -2.09. The first-order chi connectivity index (χ1) is 8.47. The summed E-state index contributed by atoms with van der Waals surface area (Å²) in [6.45, 7) is 3.73. The van der Waals surface area contributed by atoms with E-state index in [1.54, 1.807) is 29.9 Å². The van der Waals surface area contributed by atoms with Gasteiger partial charge in [0.25, 0.3) is 0 Å². The van der Waals surface area contributed by atoms with Gasteiger partial charge in [0.15, 0.2) is 0 Å². The molecular formula is C12H15N5O. The topological polar surface area (TPSA) is 89.8 Å². The van der Waals surface area contributed by atoms with Crippen LogP contribution in [0.3, 0.4) is 0 Å². The maximum absolute atomic E-state index is 7.51. The van der Waals surface area contributed by atoms with Gasteiger partial charge in [-0.15, -0.1) is 0 Å². The van der Waals surface area contributed by atoms with Gasteiger partial charge < -0.3 is 10.5 Å². The Morgan fingerprint density at radius 1 is 1.33 bits per heavy atom. The number of rotatable bonds is 3. The van der Waals surface area contributed by atoms with E-state index in [9.17, 15) is 0 Å². The van der Waals surface area contributed by atoms with E-state index in [2.05, 4.69) is 10.1 Å². The molecule has 0 saturated heterocycles. The summed E-state index contributed by atoms with van der Waals surface area (Å²) in [5.74, 6) is 0.815. The first-order valence-electron chi connectivity index (χ1n) is 5.48. The second-order valence-electron chi connectivity index (χ2n) is 4.07. The van der Waals surface area contributed by atoms with Crippen LogP contribution in [0.2, 0.25) is 0 Å². The van der Waals surface area contributed by atoms with Gasteiger partial charge in [-0.3, -0.25) is 5.41 Å². The van der Waals surface area contributed by atoms with Crippen molar-refractivity contribution in [3.63, 3.8) is 0 Å². The summed E-state index contributed by atoms with van der Waals surface area (Å²) >= 11 is 0. The third-order valence-electron chi connectivity index (χ3n) is 2.45. The van der Waals surface area contributed by atoms with Gasteiger partial charge in [-0.1, -0.05) is 0 Å². The number of nitrogens with two attached hydrogens (primary N) is 1. The molecule has 0 aliphatic heterocycles. The SMILES string of the molecule is Cc1ccc(C(=N)N)c(Oc2cc(C)nn2C)n1. The molecule has 6 heteroatoms. The molecule has 94 valence electrons. The van der Waals surface area contributed by atoms with E-state index < -0.39 is 0 Å². The van der Waals surface area contributed by atoms with Crippen molar-refractivity contribution in [2.45, 2.75) is 13.8 Å². The van der Waals surface area contributed by atoms with Crippen molar-refractivity contribution in [2.24, 2.45) is 12.8 Å². The quantitative estimate of drug-likeness (QED) is 0.633. The Morgan fingerprint density at radius 2 is 2.06 bits per heavy atom. The second kappa shape index (κ2) is 4.48. The minimum atomic E-state index is -0.0728. The van der Waals surface area contributed by atoms with Crippen LogP contribution in [-0.2, 0) is 7.05 Å². The van der Waals surface area contributed by atoms with Gasteiger partial charge >= 0.3 is 0 Å². The highest BCUT2D eigenvalue weighted by Gasteiger charge is 2.12. The molecule has 0 atom stereocenters. The number of nitrogen functional groups attached to an aromatic ring is 1. The van der Waals surface area contributed by atoms with Gasteiger partial charge in [-0.2, -0.15) is 5.10 Å². The molecule has 0 radical (unpaired) electrons. The largest absolute Gasteiger partial charge is 0.420 e. The molecule has 0 fully saturated rings. The van der Waals surface area contributed by atoms with E-state index in [1.165, 1.54) is 0 Å². The van der Waals surface area contributed by atoms with Gasteiger partial charge in [0.1, 0.15) is 5.84 Å². The zero-order valence-electron chi connectivity index (χ0n) is 10.6. The van der Waals surface area contributed by atoms with Crippen LogP contribution >= 0.6 is 0 Å². The van der Waals surface area contributed by atoms with Crippen molar-refractivity contribution in [1.29, 1.82) is 5.41 Å². The van der Waals surface area contributed by atoms with Crippen molar-refractivity contribution in [3.8, 4) is 11.8 Å². The minimum Gasteiger partial charge on any atom is -0.420 e. The number of nitrogens with one attached hydrogen (secondary N) is 1. The molecule has 0 saturated carbocycles. The third kappa shape index (κ3) is 2.32. The number of amidine groups is 1. The van der Waals surface area contributed by atoms with E-state index in [-0.39, 0.29) is 5.84 Å². The molecule has 3 N–H and O–H groups in total. The molecule has 0 amide bonds. The zero-order valence-corrected chi connectivity index (χ0v) is 10.6. The summed E-state index contributed by atoms with van der Waals surface area (Å²) in [5, 5.41) is 11.7. The molecule has 0 unspecified atom stereocenters. The van der Waals surface area contributed by atoms with Crippen LogP contribution in [0.15, 0.2) is 18.2 Å². The molecule has 0 bridgehead atoms. The highest BCUT2D eigenvalue weighted by molar-refractivity contribution is 5.97. The van der Waals surface area contributed by atoms with Gasteiger partial charge in [-0.25, -0.2) is 9.67 Å². The van der Waals surface area contributed by atoms with Crippen LogP contribution in [-0.4, -0.2) is 20.6 Å². The van der Waals surface area contributed by atoms with Crippen LogP contribution in [0, 0.1) is 19.3 Å². The molecule has 2 heterocycles. The Morgan fingerprint density at radius 3 is 2.61 bits per heavy atom. The Bertz CT molecular complexity index is 603. The monoisotopic (exact) mass is 245 g/mol. The van der Waals surface area contributed by atoms with Crippen molar-refractivity contribution < 1.29 is 4.74 Å². The molecular weight excluding hydrogens is 230 g/mol. The number of nitrogens with zero attached hydrogens (tertiary/aromatic N) is 3. The average Bonchev–Trinajstić information content (AvgIpc) is 2.57. The lowest BCUT2D eigenvalue weighted by molar-refractivity contribution is 0.413. The van der Waals surface area contributed by atoms with Crippen molar-refractivity contribution in [3.05, 3.63) is 35.2 Å². The predicted molar refractivity (Wildman–Crippen MR) is 68.0 cm³/mol. The molecule has 0 aromatic carbocycles. The fraction of sp³-hybridized carbons (Fsp3) is 0.250. The van der Waals surface area contributed by atoms with Crippen LogP contribution in [0.1, 0.15) is 17.0 Å². The minimum absolute atomic E-state index is 0.0728. The van der Waals surface area contributed by atoms with Crippen LogP contribution in [0.5, 0.6) is 11.8 Å². The van der Waals surface area contributed by atoms with Gasteiger partial charge in [-0.05, 0) is 26.0 Å². The molecule has 2 rings (SSSR count). The average molecular weight is 245 g/mol. The van der Waals surface area contributed by atoms with Crippen LogP contribution in [0.4, 0.5) is 0 Å². The normalized spacial score (nSPS) is 10.4. The molecule has 2 aromatic rings. The number of ether oxygens (including phenoxy) is 1. The number of aromatic nitrogens is 3. The molecule has 18 heavy (non-hydrogen) atoms. The van der Waals surface area contributed by atoms with Crippen molar-refractivity contribution in [2.75, 3.05) is 0 Å². The lowest BCUT2D eigenvalue weighted by atomic mass is 10.2. The highest BCUT2D eigenvalue weighted by Crippen LogP contribution is 2.23. The summed E-state index contributed by atoms with van der Waals surface area (Å²) in [5.41, 5.74) is 7.63. The number of pyridine rings is 1. The smallest absolute Gasteiger partial charge is 0.232 e. The Kier molecular flexibility index (Phi) is 3.01. The summed E-state index contributed by atoms with van der Waals surface area (Å²) in [6, 6.07) is 5.31. The maximum Gasteiger partial charge on any atom is 0.232 e. The van der Waals surface area contributed by atoms with Gasteiger partial charge in [0.2, 0.25) is 11.8 Å². The number of hydrogen-bond acceptors (Lipinski definition) is 4. The molecule has 0 aliphatic rings. The zero-order chi connectivity index (χ0) is 13.3. The fourth-order valence-electron chi connectivity index (χ4n) is 1.60. The molecule has 2 aromatic heterocycles. The van der Waals surface area contributed by atoms with E-state index in [0.717, 1.165) is 11.4 Å². The first-order valence-corrected chi connectivity index (χ1v) is 5.48. The Balaban J connectivity index is 2.42. The highest BCUT2D eigenvalue weighted by atomic mass is 16.5. The summed E-state index contributed by atoms with van der Waals surface area (Å²) in [7, 11) is 1.78. The Labute approximate surface area is 105 Å². The van der Waals surface area contributed by atoms with Gasteiger partial charge in [0, 0.05) is 18.8 Å². The standard InChI is InChI=1S/C12H15N5O/c1-7-4-5-9(11(13)14)12(15-7)18-10-6-8(2)16-17(10)3/h4-6H,1-3H3,(H3,13,14). The third-order valence-corrected chi connectivity index (χ3v) is 2.45. The Hall–Kier alpha value is -2.37. The number of aryl methyl sites for hydroxylation is 3. The first kappa shape index (κ1) is 12.1. The molecule has 6 nitrogen and oxygen atoms in total. The van der Waals surface area contributed by atoms with Crippen molar-refractivity contribution in [1.82, 2.24) is 14.8 Å². The van der Waals surface area contributed by atoms with Gasteiger partial charge in [0.05, 0.1) is 11.3 Å². The second-order valence-corrected chi connectivity index (χ2v) is 4.07. The summed E-state index contributed by atoms with van der Waals surface area (Å²) in [6.07, 6.45) is 0. The lowest BCUT2D eigenvalue weighted by Crippen LogP contribution is -2.13. The summed E-state index contributed by atoms with van der Waals surface area (Å²) < 4.78 is 7.29. The van der Waals surface area contributed by atoms with E-state index in [1.807, 2.05) is 13.8 Å². The summed E-state index contributed by atoms with van der Waals surface area (Å²) in [4.78, 5) is 4.26. The number of hydrogen-bond donors (Lipinski definition) is 2. The van der Waals surface area contributed by atoms with Crippen LogP contribution < -0.4 is 10.5 Å². The van der Waals surface area contributed by atoms with E-state index in [4.69, 9.17) is 15.9 Å². The van der Waals surface area contributed by atoms with E-state index >= 15 is 0 Å². The predicted octanol–water partition coefficient (Wildman–Crippen LogP) is 1.51. The molecule has 0 aliphatic carbocycles. The van der Waals surface area contributed by atoms with Crippen LogP contribution in [0.25, 0.3) is 0 Å². The fourth-order valence-corrected chi connectivity index (χ4v) is 1.60. The maximum atomic E-state index is 7.51.